The molecule has 1 heterocycles. The second-order valence-electron chi connectivity index (χ2n) is 2.37. The molecule has 0 aliphatic heterocycles. The van der Waals surface area contributed by atoms with Gasteiger partial charge < -0.3 is 10.4 Å². The summed E-state index contributed by atoms with van der Waals surface area (Å²) < 4.78 is 0. The summed E-state index contributed by atoms with van der Waals surface area (Å²) in [4.78, 5) is 3.08. The van der Waals surface area contributed by atoms with Gasteiger partial charge in [0, 0.05) is 19.3 Å². The molecule has 0 bridgehead atoms. The lowest BCUT2D eigenvalue weighted by Gasteiger charge is -2.19. The highest BCUT2D eigenvalue weighted by molar-refractivity contribution is 5.32. The molecule has 0 radical (unpaired) electrons. The smallest absolute Gasteiger partial charge is 0.117 e. The number of aromatic nitrogens is 1. The molecule has 0 aromatic carbocycles. The summed E-state index contributed by atoms with van der Waals surface area (Å²) in [6.45, 7) is 6.27. The van der Waals surface area contributed by atoms with Crippen LogP contribution in [0.5, 0.6) is 0 Å². The van der Waals surface area contributed by atoms with Gasteiger partial charge in [0.1, 0.15) is 5.82 Å². The Hall–Kier alpha value is -0.960. The topological polar surface area (TPSA) is 31.1 Å². The summed E-state index contributed by atoms with van der Waals surface area (Å²) in [6, 6.07) is 3.99. The second kappa shape index (κ2) is 4.03. The largest absolute Gasteiger partial charge is 0.347 e. The lowest BCUT2D eigenvalue weighted by molar-refractivity contribution is 0.366. The van der Waals surface area contributed by atoms with E-state index in [2.05, 4.69) is 29.3 Å². The van der Waals surface area contributed by atoms with Crippen molar-refractivity contribution in [3.05, 3.63) is 18.3 Å². The molecule has 62 valence electrons. The summed E-state index contributed by atoms with van der Waals surface area (Å²) in [5.41, 5.74) is 3.24. The van der Waals surface area contributed by atoms with Gasteiger partial charge in [0.2, 0.25) is 0 Å². The lowest BCUT2D eigenvalue weighted by atomic mass is 10.6. The van der Waals surface area contributed by atoms with Crippen LogP contribution in [0, 0.1) is 0 Å². The summed E-state index contributed by atoms with van der Waals surface area (Å²) in [7, 11) is 0. The third-order valence-corrected chi connectivity index (χ3v) is 1.64. The predicted molar refractivity (Wildman–Crippen MR) is 47.3 cm³/mol. The van der Waals surface area contributed by atoms with Gasteiger partial charge >= 0.3 is 0 Å². The van der Waals surface area contributed by atoms with Crippen LogP contribution in [0.2, 0.25) is 0 Å². The van der Waals surface area contributed by atoms with E-state index in [4.69, 9.17) is 0 Å². The fourth-order valence-electron chi connectivity index (χ4n) is 0.952. The highest BCUT2D eigenvalue weighted by atomic mass is 15.5. The minimum atomic E-state index is 1.01. The summed E-state index contributed by atoms with van der Waals surface area (Å²) in [5.74, 6) is 1.05. The summed E-state index contributed by atoms with van der Waals surface area (Å²) in [6.07, 6.45) is 1.91. The molecule has 0 aliphatic carbocycles. The first-order valence-electron chi connectivity index (χ1n) is 4.01. The molecule has 0 unspecified atom stereocenters. The van der Waals surface area contributed by atoms with Crippen molar-refractivity contribution in [2.24, 2.45) is 0 Å². The highest BCUT2D eigenvalue weighted by Crippen LogP contribution is 2.02. The highest BCUT2D eigenvalue weighted by Gasteiger charge is 1.97. The van der Waals surface area contributed by atoms with Crippen LogP contribution >= 0.6 is 0 Å². The van der Waals surface area contributed by atoms with Crippen LogP contribution in [-0.4, -0.2) is 23.1 Å². The Bertz CT molecular complexity index is 177. The average Bonchev–Trinajstić information content (AvgIpc) is 2.52. The van der Waals surface area contributed by atoms with Crippen molar-refractivity contribution >= 4 is 5.82 Å². The van der Waals surface area contributed by atoms with Crippen LogP contribution in [0.25, 0.3) is 0 Å². The third-order valence-electron chi connectivity index (χ3n) is 1.64. The summed E-state index contributed by atoms with van der Waals surface area (Å²) >= 11 is 0. The number of aromatic amines is 1. The van der Waals surface area contributed by atoms with Crippen molar-refractivity contribution in [2.75, 3.05) is 18.5 Å². The molecule has 0 saturated carbocycles. The molecule has 0 fully saturated rings. The Morgan fingerprint density at radius 1 is 1.45 bits per heavy atom. The van der Waals surface area contributed by atoms with Crippen molar-refractivity contribution in [1.29, 1.82) is 0 Å². The van der Waals surface area contributed by atoms with Crippen molar-refractivity contribution in [1.82, 2.24) is 9.99 Å². The minimum Gasteiger partial charge on any atom is -0.347 e. The van der Waals surface area contributed by atoms with E-state index in [1.807, 2.05) is 18.3 Å². The SMILES string of the molecule is CCN(CC)Nc1ccc[nH]1. The van der Waals surface area contributed by atoms with E-state index in [0.29, 0.717) is 0 Å². The van der Waals surface area contributed by atoms with E-state index >= 15 is 0 Å². The van der Waals surface area contributed by atoms with Gasteiger partial charge in [-0.3, -0.25) is 0 Å². The van der Waals surface area contributed by atoms with Crippen molar-refractivity contribution in [2.45, 2.75) is 13.8 Å². The molecule has 0 saturated heterocycles. The fraction of sp³-hybridized carbons (Fsp3) is 0.500. The second-order valence-corrected chi connectivity index (χ2v) is 2.37. The third kappa shape index (κ3) is 2.27. The van der Waals surface area contributed by atoms with Crippen molar-refractivity contribution in [3.8, 4) is 0 Å². The molecule has 0 atom stereocenters. The number of anilines is 1. The zero-order valence-electron chi connectivity index (χ0n) is 7.09. The first-order valence-corrected chi connectivity index (χ1v) is 4.01. The number of H-pyrrole nitrogens is 1. The average molecular weight is 153 g/mol. The Morgan fingerprint density at radius 2 is 2.18 bits per heavy atom. The van der Waals surface area contributed by atoms with Gasteiger partial charge in [0.15, 0.2) is 0 Å². The number of nitrogens with one attached hydrogen (secondary N) is 2. The maximum absolute atomic E-state index is 3.24. The molecule has 0 spiro atoms. The van der Waals surface area contributed by atoms with Gasteiger partial charge in [-0.15, -0.1) is 0 Å². The molecule has 1 aromatic rings. The van der Waals surface area contributed by atoms with Gasteiger partial charge in [-0.1, -0.05) is 13.8 Å². The fourth-order valence-corrected chi connectivity index (χ4v) is 0.952. The number of nitrogens with zero attached hydrogens (tertiary/aromatic N) is 1. The van der Waals surface area contributed by atoms with Crippen molar-refractivity contribution < 1.29 is 0 Å². The normalized spacial score (nSPS) is 10.5. The van der Waals surface area contributed by atoms with E-state index in [0.717, 1.165) is 18.9 Å². The molecule has 1 aromatic heterocycles. The summed E-state index contributed by atoms with van der Waals surface area (Å²) in [5, 5.41) is 2.13. The van der Waals surface area contributed by atoms with E-state index in [-0.39, 0.29) is 0 Å². The van der Waals surface area contributed by atoms with Gasteiger partial charge in [-0.05, 0) is 12.1 Å². The molecule has 3 nitrogen and oxygen atoms in total. The molecule has 2 N–H and O–H groups in total. The number of hydrogen-bond donors (Lipinski definition) is 2. The van der Waals surface area contributed by atoms with Crippen LogP contribution in [0.15, 0.2) is 18.3 Å². The number of hydrazine groups is 1. The Kier molecular flexibility index (Phi) is 2.98. The number of rotatable bonds is 4. The lowest BCUT2D eigenvalue weighted by Crippen LogP contribution is -2.29. The molecular formula is C8H15N3. The van der Waals surface area contributed by atoms with Gasteiger partial charge in [-0.25, -0.2) is 5.01 Å². The van der Waals surface area contributed by atoms with Gasteiger partial charge in [-0.2, -0.15) is 0 Å². The molecule has 1 rings (SSSR count). The van der Waals surface area contributed by atoms with Crippen molar-refractivity contribution in [3.63, 3.8) is 0 Å². The maximum atomic E-state index is 3.24. The number of hydrogen-bond acceptors (Lipinski definition) is 2. The Morgan fingerprint density at radius 3 is 2.64 bits per heavy atom. The molecule has 11 heavy (non-hydrogen) atoms. The Labute approximate surface area is 67.4 Å². The minimum absolute atomic E-state index is 1.01. The first kappa shape index (κ1) is 8.14. The Balaban J connectivity index is 2.41. The standard InChI is InChI=1S/C8H15N3/c1-3-11(4-2)10-8-6-5-7-9-8/h5-7,9-10H,3-4H2,1-2H3. The van der Waals surface area contributed by atoms with Gasteiger partial charge in [0.25, 0.3) is 0 Å². The van der Waals surface area contributed by atoms with Crippen LogP contribution in [0.3, 0.4) is 0 Å². The van der Waals surface area contributed by atoms with Crippen LogP contribution in [0.1, 0.15) is 13.8 Å². The maximum Gasteiger partial charge on any atom is 0.117 e. The van der Waals surface area contributed by atoms with Gasteiger partial charge in [0.05, 0.1) is 0 Å². The monoisotopic (exact) mass is 153 g/mol. The van der Waals surface area contributed by atoms with Crippen LogP contribution < -0.4 is 5.43 Å². The molecular weight excluding hydrogens is 138 g/mol. The predicted octanol–water partition coefficient (Wildman–Crippen LogP) is 1.68. The van der Waals surface area contributed by atoms with E-state index in [1.54, 1.807) is 0 Å². The van der Waals surface area contributed by atoms with E-state index < -0.39 is 0 Å². The molecule has 3 heteroatoms. The zero-order chi connectivity index (χ0) is 8.10. The molecule has 0 aliphatic rings. The first-order chi connectivity index (χ1) is 5.36. The van der Waals surface area contributed by atoms with Crippen LogP contribution in [-0.2, 0) is 0 Å². The van der Waals surface area contributed by atoms with Crippen LogP contribution in [0.4, 0.5) is 5.82 Å². The van der Waals surface area contributed by atoms with E-state index in [9.17, 15) is 0 Å². The molecule has 0 amide bonds. The zero-order valence-corrected chi connectivity index (χ0v) is 7.09. The quantitative estimate of drug-likeness (QED) is 0.645. The van der Waals surface area contributed by atoms with E-state index in [1.165, 1.54) is 0 Å².